The smallest absolute Gasteiger partial charge is 0.170 e. The van der Waals surface area contributed by atoms with Gasteiger partial charge < -0.3 is 15.7 Å². The van der Waals surface area contributed by atoms with E-state index in [9.17, 15) is 4.39 Å². The largest absolute Gasteiger partial charge is 0.487 e. The standard InChI is InChI=1S/C15H21FN2O2/c1-2-10-4-3-5-12(8-10)20-14-7-6-11(9-13(14)16)15(17)18-19/h6-7,9-10,12,19H,2-5,8H2,1H3,(H2,17,18). The fourth-order valence-electron chi connectivity index (χ4n) is 2.71. The molecule has 0 saturated heterocycles. The molecule has 2 rings (SSSR count). The Morgan fingerprint density at radius 2 is 2.30 bits per heavy atom. The van der Waals surface area contributed by atoms with Gasteiger partial charge in [-0.3, -0.25) is 0 Å². The summed E-state index contributed by atoms with van der Waals surface area (Å²) in [5.41, 5.74) is 5.77. The van der Waals surface area contributed by atoms with Crippen LogP contribution in [0.3, 0.4) is 0 Å². The van der Waals surface area contributed by atoms with Crippen LogP contribution in [0.4, 0.5) is 4.39 Å². The molecule has 1 fully saturated rings. The van der Waals surface area contributed by atoms with Crippen molar-refractivity contribution < 1.29 is 14.3 Å². The molecule has 5 heteroatoms. The Labute approximate surface area is 118 Å². The van der Waals surface area contributed by atoms with Crippen LogP contribution < -0.4 is 10.5 Å². The van der Waals surface area contributed by atoms with Crippen molar-refractivity contribution in [1.29, 1.82) is 0 Å². The third-order valence-corrected chi connectivity index (χ3v) is 3.94. The van der Waals surface area contributed by atoms with Gasteiger partial charge in [-0.05, 0) is 43.4 Å². The van der Waals surface area contributed by atoms with Gasteiger partial charge in [-0.25, -0.2) is 4.39 Å². The number of benzene rings is 1. The van der Waals surface area contributed by atoms with Gasteiger partial charge in [-0.2, -0.15) is 0 Å². The predicted molar refractivity (Wildman–Crippen MR) is 75.6 cm³/mol. The second-order valence-corrected chi connectivity index (χ2v) is 5.31. The first-order valence-electron chi connectivity index (χ1n) is 7.08. The lowest BCUT2D eigenvalue weighted by Gasteiger charge is -2.29. The Morgan fingerprint density at radius 3 is 2.95 bits per heavy atom. The molecule has 1 aliphatic carbocycles. The highest BCUT2D eigenvalue weighted by Gasteiger charge is 2.23. The molecule has 0 heterocycles. The second-order valence-electron chi connectivity index (χ2n) is 5.31. The lowest BCUT2D eigenvalue weighted by atomic mass is 9.85. The number of hydrogen-bond donors (Lipinski definition) is 2. The number of amidine groups is 1. The van der Waals surface area contributed by atoms with Crippen molar-refractivity contribution in [3.63, 3.8) is 0 Å². The predicted octanol–water partition coefficient (Wildman–Crippen LogP) is 3.27. The van der Waals surface area contributed by atoms with Gasteiger partial charge >= 0.3 is 0 Å². The highest BCUT2D eigenvalue weighted by molar-refractivity contribution is 5.97. The normalized spacial score (nSPS) is 23.6. The van der Waals surface area contributed by atoms with E-state index in [4.69, 9.17) is 15.7 Å². The first-order chi connectivity index (χ1) is 9.63. The molecule has 0 aliphatic heterocycles. The average molecular weight is 280 g/mol. The summed E-state index contributed by atoms with van der Waals surface area (Å²) < 4.78 is 19.7. The minimum atomic E-state index is -0.479. The molecule has 1 aliphatic rings. The van der Waals surface area contributed by atoms with Gasteiger partial charge in [0.25, 0.3) is 0 Å². The summed E-state index contributed by atoms with van der Waals surface area (Å²) in [6.45, 7) is 2.18. The minimum absolute atomic E-state index is 0.0814. The molecule has 2 unspecified atom stereocenters. The van der Waals surface area contributed by atoms with Crippen molar-refractivity contribution in [2.75, 3.05) is 0 Å². The number of halogens is 1. The maximum Gasteiger partial charge on any atom is 0.170 e. The maximum absolute atomic E-state index is 14.0. The molecule has 2 atom stereocenters. The van der Waals surface area contributed by atoms with Crippen LogP contribution in [0.5, 0.6) is 5.75 Å². The van der Waals surface area contributed by atoms with Gasteiger partial charge in [0.15, 0.2) is 17.4 Å². The summed E-state index contributed by atoms with van der Waals surface area (Å²) in [5, 5.41) is 11.4. The third-order valence-electron chi connectivity index (χ3n) is 3.94. The molecular formula is C15H21FN2O2. The number of nitrogens with two attached hydrogens (primary N) is 1. The molecule has 110 valence electrons. The van der Waals surface area contributed by atoms with Gasteiger partial charge in [0.05, 0.1) is 6.10 Å². The van der Waals surface area contributed by atoms with E-state index in [0.717, 1.165) is 25.7 Å². The quantitative estimate of drug-likeness (QED) is 0.385. The number of ether oxygens (including phenoxy) is 1. The molecule has 0 bridgehead atoms. The van der Waals surface area contributed by atoms with E-state index >= 15 is 0 Å². The molecular weight excluding hydrogens is 259 g/mol. The SMILES string of the molecule is CCC1CCCC(Oc2ccc(C(N)=NO)cc2F)C1. The van der Waals surface area contributed by atoms with Crippen molar-refractivity contribution in [1.82, 2.24) is 0 Å². The summed E-state index contributed by atoms with van der Waals surface area (Å²) in [5.74, 6) is 0.321. The van der Waals surface area contributed by atoms with E-state index in [1.807, 2.05) is 0 Å². The molecule has 1 aromatic rings. The van der Waals surface area contributed by atoms with Crippen LogP contribution >= 0.6 is 0 Å². The zero-order valence-electron chi connectivity index (χ0n) is 11.7. The summed E-state index contributed by atoms with van der Waals surface area (Å²) in [6, 6.07) is 4.36. The first-order valence-corrected chi connectivity index (χ1v) is 7.08. The fourth-order valence-corrected chi connectivity index (χ4v) is 2.71. The highest BCUT2D eigenvalue weighted by atomic mass is 19.1. The molecule has 20 heavy (non-hydrogen) atoms. The first kappa shape index (κ1) is 14.6. The Morgan fingerprint density at radius 1 is 1.50 bits per heavy atom. The summed E-state index contributed by atoms with van der Waals surface area (Å²) in [7, 11) is 0. The summed E-state index contributed by atoms with van der Waals surface area (Å²) in [6.07, 6.45) is 5.55. The van der Waals surface area contributed by atoms with Gasteiger partial charge in [-0.1, -0.05) is 24.9 Å². The topological polar surface area (TPSA) is 67.8 Å². The van der Waals surface area contributed by atoms with E-state index < -0.39 is 5.82 Å². The molecule has 3 N–H and O–H groups in total. The number of nitrogens with zero attached hydrogens (tertiary/aromatic N) is 1. The van der Waals surface area contributed by atoms with Crippen molar-refractivity contribution in [2.45, 2.75) is 45.1 Å². The van der Waals surface area contributed by atoms with Gasteiger partial charge in [-0.15, -0.1) is 0 Å². The Bertz CT molecular complexity index is 491. The average Bonchev–Trinajstić information content (AvgIpc) is 2.48. The van der Waals surface area contributed by atoms with Crippen LogP contribution in [-0.4, -0.2) is 17.1 Å². The van der Waals surface area contributed by atoms with E-state index in [0.29, 0.717) is 11.5 Å². The Kier molecular flexibility index (Phi) is 4.82. The molecule has 1 saturated carbocycles. The minimum Gasteiger partial charge on any atom is -0.487 e. The van der Waals surface area contributed by atoms with E-state index in [1.165, 1.54) is 18.6 Å². The second kappa shape index (κ2) is 6.59. The van der Waals surface area contributed by atoms with Crippen LogP contribution in [0.15, 0.2) is 23.4 Å². The van der Waals surface area contributed by atoms with Crippen LogP contribution in [0.1, 0.15) is 44.6 Å². The fraction of sp³-hybridized carbons (Fsp3) is 0.533. The maximum atomic E-state index is 14.0. The van der Waals surface area contributed by atoms with Crippen LogP contribution in [0.25, 0.3) is 0 Å². The molecule has 0 aromatic heterocycles. The summed E-state index contributed by atoms with van der Waals surface area (Å²) >= 11 is 0. The van der Waals surface area contributed by atoms with Crippen molar-refractivity contribution in [2.24, 2.45) is 16.8 Å². The highest BCUT2D eigenvalue weighted by Crippen LogP contribution is 2.30. The lowest BCUT2D eigenvalue weighted by molar-refractivity contribution is 0.117. The van der Waals surface area contributed by atoms with Crippen LogP contribution in [-0.2, 0) is 0 Å². The molecule has 4 nitrogen and oxygen atoms in total. The Hall–Kier alpha value is -1.78. The molecule has 0 amide bonds. The number of oxime groups is 1. The lowest BCUT2D eigenvalue weighted by Crippen LogP contribution is -2.25. The zero-order valence-corrected chi connectivity index (χ0v) is 11.7. The van der Waals surface area contributed by atoms with Crippen LogP contribution in [0.2, 0.25) is 0 Å². The van der Waals surface area contributed by atoms with Gasteiger partial charge in [0.1, 0.15) is 0 Å². The Balaban J connectivity index is 2.06. The van der Waals surface area contributed by atoms with Gasteiger partial charge in [0, 0.05) is 5.56 Å². The van der Waals surface area contributed by atoms with Crippen molar-refractivity contribution in [3.05, 3.63) is 29.6 Å². The van der Waals surface area contributed by atoms with Crippen molar-refractivity contribution in [3.8, 4) is 5.75 Å². The molecule has 0 spiro atoms. The van der Waals surface area contributed by atoms with E-state index in [2.05, 4.69) is 12.1 Å². The third kappa shape index (κ3) is 3.40. The molecule has 1 aromatic carbocycles. The number of hydrogen-bond acceptors (Lipinski definition) is 3. The van der Waals surface area contributed by atoms with Crippen LogP contribution in [0, 0.1) is 11.7 Å². The van der Waals surface area contributed by atoms with E-state index in [-0.39, 0.29) is 17.7 Å². The van der Waals surface area contributed by atoms with Crippen molar-refractivity contribution >= 4 is 5.84 Å². The van der Waals surface area contributed by atoms with Gasteiger partial charge in [0.2, 0.25) is 0 Å². The molecule has 0 radical (unpaired) electrons. The summed E-state index contributed by atoms with van der Waals surface area (Å²) in [4.78, 5) is 0. The monoisotopic (exact) mass is 280 g/mol. The zero-order chi connectivity index (χ0) is 14.5. The van der Waals surface area contributed by atoms with E-state index in [1.54, 1.807) is 6.07 Å². The number of rotatable bonds is 4.